The SMILES string of the molecule is C=C(OC)C(F)(F)F.Cn1ccc(=O)c(-c2cc[n+](CCC(=O)O)nc2)n1. The summed E-state index contributed by atoms with van der Waals surface area (Å²) in [7, 11) is 2.65. The molecule has 2 aromatic heterocycles. The molecule has 0 saturated heterocycles. The minimum atomic E-state index is -4.41. The van der Waals surface area contributed by atoms with E-state index in [-0.39, 0.29) is 18.4 Å². The summed E-state index contributed by atoms with van der Waals surface area (Å²) < 4.78 is 40.5. The number of methoxy groups -OCH3 is 1. The topological polar surface area (TPSA) is 98.2 Å². The standard InChI is InChI=1S/C12H12N4O3.C4H5F3O/c1-15-5-3-10(17)12(14-15)9-2-6-16(13-8-9)7-4-11(18)19;1-3(8-2)4(5,6)7/h2-3,5-6,8H,4,7H2,1H3;1H2,2H3/p+1. The highest BCUT2D eigenvalue weighted by Gasteiger charge is 2.33. The Hall–Kier alpha value is -3.24. The molecule has 2 rings (SSSR count). The van der Waals surface area contributed by atoms with E-state index in [9.17, 15) is 22.8 Å². The number of carboxylic acid groups (broad SMARTS) is 1. The van der Waals surface area contributed by atoms with Crippen LogP contribution in [0.2, 0.25) is 0 Å². The second-order valence-corrected chi connectivity index (χ2v) is 5.15. The van der Waals surface area contributed by atoms with Crippen molar-refractivity contribution in [1.29, 1.82) is 0 Å². The molecule has 8 nitrogen and oxygen atoms in total. The van der Waals surface area contributed by atoms with Gasteiger partial charge in [-0.2, -0.15) is 18.3 Å². The van der Waals surface area contributed by atoms with Gasteiger partial charge in [-0.3, -0.25) is 14.3 Å². The third-order valence-electron chi connectivity index (χ3n) is 3.09. The van der Waals surface area contributed by atoms with Crippen molar-refractivity contribution in [2.75, 3.05) is 7.11 Å². The molecule has 0 atom stereocenters. The number of aliphatic carboxylic acids is 1. The third-order valence-corrected chi connectivity index (χ3v) is 3.09. The van der Waals surface area contributed by atoms with Gasteiger partial charge in [-0.25, -0.2) is 0 Å². The lowest BCUT2D eigenvalue weighted by Crippen LogP contribution is -2.38. The van der Waals surface area contributed by atoms with Crippen LogP contribution >= 0.6 is 0 Å². The van der Waals surface area contributed by atoms with Gasteiger partial charge in [0.1, 0.15) is 18.3 Å². The summed E-state index contributed by atoms with van der Waals surface area (Å²) >= 11 is 0. The van der Waals surface area contributed by atoms with Gasteiger partial charge in [-0.15, -0.1) is 0 Å². The average molecular weight is 387 g/mol. The van der Waals surface area contributed by atoms with E-state index in [0.717, 1.165) is 7.11 Å². The minimum Gasteiger partial charge on any atom is -0.493 e. The summed E-state index contributed by atoms with van der Waals surface area (Å²) in [5, 5.41) is 16.7. The van der Waals surface area contributed by atoms with Crippen LogP contribution in [0.3, 0.4) is 0 Å². The molecule has 11 heteroatoms. The minimum absolute atomic E-state index is 0.00235. The van der Waals surface area contributed by atoms with E-state index in [4.69, 9.17) is 5.11 Å². The quantitative estimate of drug-likeness (QED) is 0.614. The van der Waals surface area contributed by atoms with Crippen molar-refractivity contribution in [2.45, 2.75) is 19.1 Å². The maximum absolute atomic E-state index is 11.7. The number of rotatable bonds is 5. The van der Waals surface area contributed by atoms with E-state index < -0.39 is 17.9 Å². The summed E-state index contributed by atoms with van der Waals surface area (Å²) in [4.78, 5) is 22.1. The van der Waals surface area contributed by atoms with Crippen LogP contribution in [0.25, 0.3) is 11.3 Å². The van der Waals surface area contributed by atoms with Crippen LogP contribution in [0.4, 0.5) is 13.2 Å². The number of aromatic nitrogens is 4. The van der Waals surface area contributed by atoms with Crippen LogP contribution in [-0.4, -0.2) is 39.2 Å². The molecule has 0 aliphatic carbocycles. The smallest absolute Gasteiger partial charge is 0.448 e. The van der Waals surface area contributed by atoms with Crippen molar-refractivity contribution in [3.63, 3.8) is 0 Å². The van der Waals surface area contributed by atoms with Gasteiger partial charge >= 0.3 is 12.1 Å². The van der Waals surface area contributed by atoms with Gasteiger partial charge in [-0.1, -0.05) is 11.3 Å². The number of carbonyl (C=O) groups is 1. The summed E-state index contributed by atoms with van der Waals surface area (Å²) in [5.74, 6) is -2.05. The first-order valence-electron chi connectivity index (χ1n) is 7.46. The van der Waals surface area contributed by atoms with Crippen molar-refractivity contribution >= 4 is 5.97 Å². The summed E-state index contributed by atoms with van der Waals surface area (Å²) in [6, 6.07) is 3.13. The number of hydrogen-bond acceptors (Lipinski definition) is 5. The molecule has 0 saturated carbocycles. The van der Waals surface area contributed by atoms with E-state index in [2.05, 4.69) is 21.5 Å². The van der Waals surface area contributed by atoms with Gasteiger partial charge < -0.3 is 9.84 Å². The zero-order valence-corrected chi connectivity index (χ0v) is 14.6. The maximum Gasteiger partial charge on any atom is 0.448 e. The first-order chi connectivity index (χ1) is 12.5. The molecule has 2 heterocycles. The van der Waals surface area contributed by atoms with Gasteiger partial charge in [0.15, 0.2) is 18.5 Å². The van der Waals surface area contributed by atoms with Crippen molar-refractivity contribution < 1.29 is 32.5 Å². The predicted molar refractivity (Wildman–Crippen MR) is 87.4 cm³/mol. The molecule has 1 N–H and O–H groups in total. The summed E-state index contributed by atoms with van der Waals surface area (Å²) in [5.41, 5.74) is 0.749. The average Bonchev–Trinajstić information content (AvgIpc) is 2.61. The number of halogens is 3. The molecular weight excluding hydrogens is 369 g/mol. The lowest BCUT2D eigenvalue weighted by molar-refractivity contribution is -0.752. The Kier molecular flexibility index (Phi) is 7.64. The third kappa shape index (κ3) is 7.26. The Balaban J connectivity index is 0.000000387. The van der Waals surface area contributed by atoms with Gasteiger partial charge in [0.25, 0.3) is 0 Å². The number of ether oxygens (including phenoxy) is 1. The Morgan fingerprint density at radius 3 is 2.52 bits per heavy atom. The maximum atomic E-state index is 11.7. The molecule has 2 aromatic rings. The summed E-state index contributed by atoms with van der Waals surface area (Å²) in [6.45, 7) is 2.88. The molecule has 27 heavy (non-hydrogen) atoms. The normalized spacial score (nSPS) is 10.6. The van der Waals surface area contributed by atoms with Crippen molar-refractivity contribution in [1.82, 2.24) is 14.9 Å². The molecular formula is C16H18F3N4O4+. The molecule has 146 valence electrons. The number of carboxylic acids is 1. The van der Waals surface area contributed by atoms with Gasteiger partial charge in [0.2, 0.25) is 5.43 Å². The van der Waals surface area contributed by atoms with E-state index in [0.29, 0.717) is 11.3 Å². The second kappa shape index (κ2) is 9.46. The summed E-state index contributed by atoms with van der Waals surface area (Å²) in [6.07, 6.45) is 0.310. The van der Waals surface area contributed by atoms with Crippen molar-refractivity contribution in [3.05, 3.63) is 53.3 Å². The Morgan fingerprint density at radius 1 is 1.41 bits per heavy atom. The number of alkyl halides is 3. The van der Waals surface area contributed by atoms with E-state index in [1.807, 2.05) is 0 Å². The molecule has 0 fully saturated rings. The second-order valence-electron chi connectivity index (χ2n) is 5.15. The van der Waals surface area contributed by atoms with E-state index >= 15 is 0 Å². The fourth-order valence-corrected chi connectivity index (χ4v) is 1.68. The van der Waals surface area contributed by atoms with Gasteiger partial charge in [0.05, 0.1) is 7.11 Å². The van der Waals surface area contributed by atoms with Gasteiger partial charge in [0, 0.05) is 30.9 Å². The Morgan fingerprint density at radius 2 is 2.07 bits per heavy atom. The Bertz CT molecular complexity index is 848. The molecule has 0 aliphatic rings. The molecule has 0 aromatic carbocycles. The molecule has 0 bridgehead atoms. The molecule has 0 amide bonds. The number of hydrogen-bond donors (Lipinski definition) is 1. The van der Waals surface area contributed by atoms with Crippen LogP contribution < -0.4 is 10.1 Å². The predicted octanol–water partition coefficient (Wildman–Crippen LogP) is 1.31. The van der Waals surface area contributed by atoms with Crippen LogP contribution in [0.5, 0.6) is 0 Å². The monoisotopic (exact) mass is 387 g/mol. The van der Waals surface area contributed by atoms with Crippen LogP contribution in [0.15, 0.2) is 47.9 Å². The van der Waals surface area contributed by atoms with Crippen LogP contribution in [-0.2, 0) is 23.1 Å². The fourth-order valence-electron chi connectivity index (χ4n) is 1.68. The van der Waals surface area contributed by atoms with Crippen LogP contribution in [0, 0.1) is 0 Å². The first-order valence-corrected chi connectivity index (χ1v) is 7.46. The zero-order chi connectivity index (χ0) is 20.6. The highest BCUT2D eigenvalue weighted by Crippen LogP contribution is 2.23. The number of allylic oxidation sites excluding steroid dienone is 1. The highest BCUT2D eigenvalue weighted by atomic mass is 19.4. The number of aryl methyl sites for hydroxylation is 2. The molecule has 0 aliphatic heterocycles. The Labute approximate surface area is 152 Å². The molecule has 0 unspecified atom stereocenters. The molecule has 0 spiro atoms. The largest absolute Gasteiger partial charge is 0.493 e. The van der Waals surface area contributed by atoms with Gasteiger partial charge in [-0.05, 0) is 5.10 Å². The van der Waals surface area contributed by atoms with Crippen LogP contribution in [0.1, 0.15) is 6.42 Å². The molecule has 0 radical (unpaired) electrons. The number of nitrogens with zero attached hydrogens (tertiary/aromatic N) is 4. The van der Waals surface area contributed by atoms with E-state index in [1.54, 1.807) is 30.2 Å². The lowest BCUT2D eigenvalue weighted by Gasteiger charge is -2.06. The highest BCUT2D eigenvalue weighted by molar-refractivity contribution is 5.66. The lowest BCUT2D eigenvalue weighted by atomic mass is 10.2. The fraction of sp³-hybridized carbons (Fsp3) is 0.312. The first kappa shape index (κ1) is 21.8. The van der Waals surface area contributed by atoms with Crippen molar-refractivity contribution in [3.8, 4) is 11.3 Å². The van der Waals surface area contributed by atoms with E-state index in [1.165, 1.54) is 16.9 Å². The van der Waals surface area contributed by atoms with Crippen molar-refractivity contribution in [2.24, 2.45) is 7.05 Å². The zero-order valence-electron chi connectivity index (χ0n) is 14.6.